The highest BCUT2D eigenvalue weighted by Crippen LogP contribution is 2.27. The number of sulfonamides is 1. The Balaban J connectivity index is 1.61. The summed E-state index contributed by atoms with van der Waals surface area (Å²) in [6.45, 7) is 2.57. The Morgan fingerprint density at radius 2 is 1.77 bits per heavy atom. The van der Waals surface area contributed by atoms with Gasteiger partial charge in [0.05, 0.1) is 23.1 Å². The van der Waals surface area contributed by atoms with Gasteiger partial charge in [0.15, 0.2) is 11.6 Å². The normalized spacial score (nSPS) is 16.7. The van der Waals surface area contributed by atoms with Crippen molar-refractivity contribution in [1.29, 1.82) is 0 Å². The first-order chi connectivity index (χ1) is 14.6. The van der Waals surface area contributed by atoms with Gasteiger partial charge >= 0.3 is 0 Å². The highest BCUT2D eigenvalue weighted by Gasteiger charge is 2.32. The second kappa shape index (κ2) is 9.47. The smallest absolute Gasteiger partial charge is 0.243 e. The number of benzene rings is 2. The Morgan fingerprint density at radius 1 is 1.10 bits per heavy atom. The van der Waals surface area contributed by atoms with Crippen LogP contribution >= 0.6 is 11.6 Å². The fourth-order valence-corrected chi connectivity index (χ4v) is 4.97. The predicted molar refractivity (Wildman–Crippen MR) is 113 cm³/mol. The van der Waals surface area contributed by atoms with Crippen LogP contribution in [0, 0.1) is 11.6 Å². The van der Waals surface area contributed by atoms with Gasteiger partial charge in [-0.25, -0.2) is 17.2 Å². The van der Waals surface area contributed by atoms with Crippen LogP contribution in [0.2, 0.25) is 5.02 Å². The van der Waals surface area contributed by atoms with Gasteiger partial charge in [0.2, 0.25) is 15.9 Å². The summed E-state index contributed by atoms with van der Waals surface area (Å²) in [7, 11) is -2.46. The second-order valence-corrected chi connectivity index (χ2v) is 9.38. The second-order valence-electron chi connectivity index (χ2n) is 7.03. The molecule has 11 heteroatoms. The maximum absolute atomic E-state index is 13.5. The van der Waals surface area contributed by atoms with Crippen LogP contribution in [-0.4, -0.2) is 62.9 Å². The minimum Gasteiger partial charge on any atom is -0.495 e. The van der Waals surface area contributed by atoms with Crippen LogP contribution in [-0.2, 0) is 14.8 Å². The number of piperazine rings is 1. The van der Waals surface area contributed by atoms with Gasteiger partial charge in [0, 0.05) is 31.9 Å². The summed E-state index contributed by atoms with van der Waals surface area (Å²) in [6.07, 6.45) is 0. The molecular weight excluding hydrogens is 452 g/mol. The summed E-state index contributed by atoms with van der Waals surface area (Å²) >= 11 is 6.08. The zero-order valence-electron chi connectivity index (χ0n) is 16.9. The zero-order chi connectivity index (χ0) is 22.8. The molecule has 1 unspecified atom stereocenters. The molecule has 2 aromatic carbocycles. The topological polar surface area (TPSA) is 79.0 Å². The third-order valence-electron chi connectivity index (χ3n) is 5.15. The number of halogens is 3. The first kappa shape index (κ1) is 23.4. The number of hydrogen-bond acceptors (Lipinski definition) is 5. The SMILES string of the molecule is COc1ccc(NC(=O)C(C)N2CCN(S(=O)(=O)c3ccc(F)c(F)c3)CC2)cc1Cl. The molecule has 1 heterocycles. The van der Waals surface area contributed by atoms with Crippen molar-refractivity contribution >= 4 is 33.2 Å². The van der Waals surface area contributed by atoms with Crippen LogP contribution in [0.15, 0.2) is 41.3 Å². The maximum atomic E-state index is 13.5. The first-order valence-corrected chi connectivity index (χ1v) is 11.3. The number of methoxy groups -OCH3 is 1. The Kier molecular flexibility index (Phi) is 7.15. The molecule has 0 bridgehead atoms. The van der Waals surface area contributed by atoms with Crippen LogP contribution in [0.5, 0.6) is 5.75 Å². The predicted octanol–water partition coefficient (Wildman–Crippen LogP) is 2.96. The van der Waals surface area contributed by atoms with Gasteiger partial charge < -0.3 is 10.1 Å². The van der Waals surface area contributed by atoms with Crippen LogP contribution in [0.25, 0.3) is 0 Å². The number of anilines is 1. The number of nitrogens with zero attached hydrogens (tertiary/aromatic N) is 2. The van der Waals surface area contributed by atoms with E-state index in [4.69, 9.17) is 16.3 Å². The molecule has 31 heavy (non-hydrogen) atoms. The van der Waals surface area contributed by atoms with Crippen molar-refractivity contribution in [2.45, 2.75) is 17.9 Å². The minimum atomic E-state index is -3.96. The summed E-state index contributed by atoms with van der Waals surface area (Å²) in [5, 5.41) is 3.15. The van der Waals surface area contributed by atoms with Crippen LogP contribution in [0.1, 0.15) is 6.92 Å². The summed E-state index contributed by atoms with van der Waals surface area (Å²) in [4.78, 5) is 14.2. The Hall–Kier alpha value is -2.27. The quantitative estimate of drug-likeness (QED) is 0.698. The molecule has 0 aromatic heterocycles. The van der Waals surface area contributed by atoms with Gasteiger partial charge in [-0.05, 0) is 43.3 Å². The number of hydrogen-bond donors (Lipinski definition) is 1. The molecule has 1 aliphatic rings. The standard InChI is InChI=1S/C20H22ClF2N3O4S/c1-13(20(27)24-14-3-6-19(30-2)16(21)11-14)25-7-9-26(10-8-25)31(28,29)15-4-5-17(22)18(23)12-15/h3-6,11-13H,7-10H2,1-2H3,(H,24,27). The number of nitrogens with one attached hydrogen (secondary N) is 1. The molecule has 0 saturated carbocycles. The summed E-state index contributed by atoms with van der Waals surface area (Å²) < 4.78 is 58.3. The molecule has 1 atom stereocenters. The van der Waals surface area contributed by atoms with E-state index in [-0.39, 0.29) is 23.9 Å². The average molecular weight is 474 g/mol. The van der Waals surface area contributed by atoms with E-state index in [9.17, 15) is 22.0 Å². The first-order valence-electron chi connectivity index (χ1n) is 9.47. The molecule has 1 aliphatic heterocycles. The monoisotopic (exact) mass is 473 g/mol. The Labute approximate surface area is 184 Å². The van der Waals surface area contributed by atoms with Crippen molar-refractivity contribution in [3.8, 4) is 5.75 Å². The lowest BCUT2D eigenvalue weighted by Crippen LogP contribution is -2.53. The van der Waals surface area contributed by atoms with E-state index in [2.05, 4.69) is 5.32 Å². The van der Waals surface area contributed by atoms with Crippen molar-refractivity contribution in [2.24, 2.45) is 0 Å². The van der Waals surface area contributed by atoms with Gasteiger partial charge in [0.25, 0.3) is 0 Å². The Bertz CT molecular complexity index is 1080. The van der Waals surface area contributed by atoms with Crippen molar-refractivity contribution in [3.63, 3.8) is 0 Å². The van der Waals surface area contributed by atoms with Crippen molar-refractivity contribution in [1.82, 2.24) is 9.21 Å². The Morgan fingerprint density at radius 3 is 2.35 bits per heavy atom. The number of amides is 1. The van der Waals surface area contributed by atoms with Gasteiger partial charge in [-0.1, -0.05) is 11.6 Å². The zero-order valence-corrected chi connectivity index (χ0v) is 18.5. The van der Waals surface area contributed by atoms with Crippen molar-refractivity contribution in [2.75, 3.05) is 38.6 Å². The summed E-state index contributed by atoms with van der Waals surface area (Å²) in [6, 6.07) is 6.87. The summed E-state index contributed by atoms with van der Waals surface area (Å²) in [5.74, 6) is -2.10. The lowest BCUT2D eigenvalue weighted by molar-refractivity contribution is -0.121. The fourth-order valence-electron chi connectivity index (χ4n) is 3.27. The van der Waals surface area contributed by atoms with E-state index in [1.165, 1.54) is 11.4 Å². The third kappa shape index (κ3) is 5.15. The molecule has 1 amide bonds. The molecule has 1 fully saturated rings. The van der Waals surface area contributed by atoms with E-state index in [0.29, 0.717) is 35.6 Å². The molecule has 1 N–H and O–H groups in total. The van der Waals surface area contributed by atoms with E-state index in [1.54, 1.807) is 25.1 Å². The molecule has 1 saturated heterocycles. The van der Waals surface area contributed by atoms with Crippen LogP contribution < -0.4 is 10.1 Å². The lowest BCUT2D eigenvalue weighted by atomic mass is 10.2. The van der Waals surface area contributed by atoms with Gasteiger partial charge in [-0.2, -0.15) is 4.31 Å². The molecule has 3 rings (SSSR count). The van der Waals surface area contributed by atoms with Gasteiger partial charge in [0.1, 0.15) is 5.75 Å². The lowest BCUT2D eigenvalue weighted by Gasteiger charge is -2.36. The number of carbonyl (C=O) groups is 1. The van der Waals surface area contributed by atoms with E-state index in [0.717, 1.165) is 12.1 Å². The molecular formula is C20H22ClF2N3O4S. The number of rotatable bonds is 6. The highest BCUT2D eigenvalue weighted by molar-refractivity contribution is 7.89. The van der Waals surface area contributed by atoms with E-state index >= 15 is 0 Å². The highest BCUT2D eigenvalue weighted by atomic mass is 35.5. The fraction of sp³-hybridized carbons (Fsp3) is 0.350. The largest absolute Gasteiger partial charge is 0.495 e. The average Bonchev–Trinajstić information content (AvgIpc) is 2.75. The molecule has 0 radical (unpaired) electrons. The molecule has 168 valence electrons. The van der Waals surface area contributed by atoms with Gasteiger partial charge in [-0.15, -0.1) is 0 Å². The van der Waals surface area contributed by atoms with E-state index in [1.807, 2.05) is 4.90 Å². The van der Waals surface area contributed by atoms with Crippen molar-refractivity contribution in [3.05, 3.63) is 53.1 Å². The van der Waals surface area contributed by atoms with E-state index < -0.39 is 27.7 Å². The van der Waals surface area contributed by atoms with Crippen LogP contribution in [0.4, 0.5) is 14.5 Å². The molecule has 7 nitrogen and oxygen atoms in total. The third-order valence-corrected chi connectivity index (χ3v) is 7.34. The number of ether oxygens (including phenoxy) is 1. The minimum absolute atomic E-state index is 0.118. The molecule has 2 aromatic rings. The molecule has 0 spiro atoms. The van der Waals surface area contributed by atoms with Crippen LogP contribution in [0.3, 0.4) is 0 Å². The maximum Gasteiger partial charge on any atom is 0.243 e. The molecule has 0 aliphatic carbocycles. The summed E-state index contributed by atoms with van der Waals surface area (Å²) in [5.41, 5.74) is 0.516. The van der Waals surface area contributed by atoms with Crippen molar-refractivity contribution < 1.29 is 26.7 Å². The number of carbonyl (C=O) groups excluding carboxylic acids is 1. The van der Waals surface area contributed by atoms with Gasteiger partial charge in [-0.3, -0.25) is 9.69 Å².